The van der Waals surface area contributed by atoms with Crippen molar-refractivity contribution >= 4 is 11.9 Å². The highest BCUT2D eigenvalue weighted by Crippen LogP contribution is 2.52. The highest BCUT2D eigenvalue weighted by molar-refractivity contribution is 5.86. The normalized spacial score (nSPS) is 31.2. The summed E-state index contributed by atoms with van der Waals surface area (Å²) in [6, 6.07) is 7.12. The first-order valence-corrected chi connectivity index (χ1v) is 6.78. The lowest BCUT2D eigenvalue weighted by Crippen LogP contribution is -2.48. The highest BCUT2D eigenvalue weighted by Gasteiger charge is 2.53. The maximum atomic E-state index is 12.0. The van der Waals surface area contributed by atoms with Crippen LogP contribution in [0.3, 0.4) is 0 Å². The zero-order valence-electron chi connectivity index (χ0n) is 11.0. The second-order valence-corrected chi connectivity index (χ2v) is 5.60. The van der Waals surface area contributed by atoms with Crippen LogP contribution in [-0.2, 0) is 15.0 Å². The van der Waals surface area contributed by atoms with Crippen LogP contribution >= 0.6 is 0 Å². The van der Waals surface area contributed by atoms with Gasteiger partial charge in [-0.25, -0.2) is 0 Å². The summed E-state index contributed by atoms with van der Waals surface area (Å²) in [6.07, 6.45) is 5.34. The van der Waals surface area contributed by atoms with Crippen LogP contribution in [0, 0.1) is 5.92 Å². The van der Waals surface area contributed by atoms with E-state index in [-0.39, 0.29) is 5.92 Å². The third-order valence-corrected chi connectivity index (χ3v) is 4.74. The summed E-state index contributed by atoms with van der Waals surface area (Å²) in [5.74, 6) is -2.47. The minimum Gasteiger partial charge on any atom is -0.481 e. The van der Waals surface area contributed by atoms with Crippen molar-refractivity contribution in [1.82, 2.24) is 0 Å². The largest absolute Gasteiger partial charge is 0.481 e. The first-order chi connectivity index (χ1) is 9.57. The predicted octanol–water partition coefficient (Wildman–Crippen LogP) is 2.55. The topological polar surface area (TPSA) is 74.6 Å². The number of hydrogen-bond acceptors (Lipinski definition) is 2. The number of rotatable bonds is 2. The van der Waals surface area contributed by atoms with Crippen LogP contribution in [0.1, 0.15) is 36.3 Å². The van der Waals surface area contributed by atoms with Gasteiger partial charge in [0.05, 0.1) is 11.3 Å². The summed E-state index contributed by atoms with van der Waals surface area (Å²) in [5.41, 5.74) is 0.381. The lowest BCUT2D eigenvalue weighted by atomic mass is 9.56. The second kappa shape index (κ2) is 4.47. The van der Waals surface area contributed by atoms with Gasteiger partial charge in [0, 0.05) is 0 Å². The van der Waals surface area contributed by atoms with E-state index in [0.717, 1.165) is 0 Å². The van der Waals surface area contributed by atoms with Gasteiger partial charge in [-0.2, -0.15) is 0 Å². The van der Waals surface area contributed by atoms with Crippen molar-refractivity contribution in [3.05, 3.63) is 47.5 Å². The smallest absolute Gasteiger partial charge is 0.314 e. The average Bonchev–Trinajstić information content (AvgIpc) is 2.45. The van der Waals surface area contributed by atoms with E-state index in [0.29, 0.717) is 30.4 Å². The summed E-state index contributed by atoms with van der Waals surface area (Å²) < 4.78 is 0. The summed E-state index contributed by atoms with van der Waals surface area (Å²) >= 11 is 0. The van der Waals surface area contributed by atoms with Crippen molar-refractivity contribution < 1.29 is 19.8 Å². The van der Waals surface area contributed by atoms with Gasteiger partial charge in [-0.05, 0) is 36.3 Å². The fourth-order valence-corrected chi connectivity index (χ4v) is 3.75. The Hall–Kier alpha value is -2.10. The fourth-order valence-electron chi connectivity index (χ4n) is 3.75. The number of hydrogen-bond donors (Lipinski definition) is 2. The van der Waals surface area contributed by atoms with E-state index in [1.165, 1.54) is 0 Å². The molecule has 4 nitrogen and oxygen atoms in total. The molecule has 3 unspecified atom stereocenters. The standard InChI is InChI=1S/C16H16O4/c17-14(18)12-9-10-5-3-4-8-16(10,15(19)20)13-7-2-1-6-11(12)13/h1-4,6-7,10,12H,5,8-9H2,(H,17,18)(H,19,20). The average molecular weight is 272 g/mol. The van der Waals surface area contributed by atoms with Crippen molar-refractivity contribution in [2.24, 2.45) is 5.92 Å². The number of allylic oxidation sites excluding steroid dienone is 2. The molecule has 0 bridgehead atoms. The third-order valence-electron chi connectivity index (χ3n) is 4.74. The molecule has 0 saturated heterocycles. The van der Waals surface area contributed by atoms with E-state index in [1.807, 2.05) is 12.2 Å². The minimum absolute atomic E-state index is 0.152. The van der Waals surface area contributed by atoms with E-state index in [2.05, 4.69) is 0 Å². The molecule has 1 aromatic rings. The Balaban J connectivity index is 2.24. The third kappa shape index (κ3) is 1.60. The molecule has 0 fully saturated rings. The molecule has 0 heterocycles. The number of carboxylic acids is 2. The van der Waals surface area contributed by atoms with E-state index in [9.17, 15) is 19.8 Å². The van der Waals surface area contributed by atoms with Crippen LogP contribution in [0.2, 0.25) is 0 Å². The molecular weight excluding hydrogens is 256 g/mol. The number of benzene rings is 1. The van der Waals surface area contributed by atoms with E-state index < -0.39 is 23.3 Å². The van der Waals surface area contributed by atoms with Crippen LogP contribution in [0.25, 0.3) is 0 Å². The van der Waals surface area contributed by atoms with E-state index >= 15 is 0 Å². The molecule has 0 radical (unpaired) electrons. The molecule has 0 amide bonds. The van der Waals surface area contributed by atoms with Gasteiger partial charge in [0.1, 0.15) is 0 Å². The molecule has 0 spiro atoms. The Labute approximate surface area is 116 Å². The highest BCUT2D eigenvalue weighted by atomic mass is 16.4. The zero-order valence-corrected chi connectivity index (χ0v) is 11.0. The Bertz CT molecular complexity index is 604. The number of carbonyl (C=O) groups is 2. The number of fused-ring (bicyclic) bond motifs is 3. The minimum atomic E-state index is -0.961. The van der Waals surface area contributed by atoms with Gasteiger partial charge in [-0.1, -0.05) is 36.4 Å². The summed E-state index contributed by atoms with van der Waals surface area (Å²) in [5, 5.41) is 19.2. The van der Waals surface area contributed by atoms with Crippen molar-refractivity contribution in [2.45, 2.75) is 30.6 Å². The van der Waals surface area contributed by atoms with Gasteiger partial charge >= 0.3 is 11.9 Å². The molecule has 0 aromatic heterocycles. The van der Waals surface area contributed by atoms with Gasteiger partial charge < -0.3 is 10.2 Å². The van der Waals surface area contributed by atoms with Crippen LogP contribution in [0.4, 0.5) is 0 Å². The number of carboxylic acid groups (broad SMARTS) is 2. The van der Waals surface area contributed by atoms with Crippen molar-refractivity contribution in [3.8, 4) is 0 Å². The molecule has 3 rings (SSSR count). The molecule has 4 heteroatoms. The Morgan fingerprint density at radius 3 is 2.60 bits per heavy atom. The zero-order chi connectivity index (χ0) is 14.3. The Morgan fingerprint density at radius 1 is 1.15 bits per heavy atom. The van der Waals surface area contributed by atoms with Crippen molar-refractivity contribution in [2.75, 3.05) is 0 Å². The second-order valence-electron chi connectivity index (χ2n) is 5.60. The number of aliphatic carboxylic acids is 2. The van der Waals surface area contributed by atoms with Crippen LogP contribution in [0.15, 0.2) is 36.4 Å². The van der Waals surface area contributed by atoms with Crippen LogP contribution in [-0.4, -0.2) is 22.2 Å². The van der Waals surface area contributed by atoms with Crippen LogP contribution in [0.5, 0.6) is 0 Å². The van der Waals surface area contributed by atoms with E-state index in [4.69, 9.17) is 0 Å². The first kappa shape index (κ1) is 12.9. The Kier molecular flexibility index (Phi) is 2.89. The predicted molar refractivity (Wildman–Crippen MR) is 72.6 cm³/mol. The van der Waals surface area contributed by atoms with Gasteiger partial charge in [-0.15, -0.1) is 0 Å². The van der Waals surface area contributed by atoms with Gasteiger partial charge in [0.15, 0.2) is 0 Å². The molecule has 2 N–H and O–H groups in total. The lowest BCUT2D eigenvalue weighted by Gasteiger charge is -2.45. The van der Waals surface area contributed by atoms with Crippen LogP contribution < -0.4 is 0 Å². The lowest BCUT2D eigenvalue weighted by molar-refractivity contribution is -0.149. The molecule has 1 aromatic carbocycles. The van der Waals surface area contributed by atoms with Gasteiger partial charge in [-0.3, -0.25) is 9.59 Å². The molecule has 2 aliphatic carbocycles. The summed E-state index contributed by atoms with van der Waals surface area (Å²) in [7, 11) is 0. The van der Waals surface area contributed by atoms with Gasteiger partial charge in [0.25, 0.3) is 0 Å². The Morgan fingerprint density at radius 2 is 1.90 bits per heavy atom. The quantitative estimate of drug-likeness (QED) is 0.811. The molecule has 2 aliphatic rings. The molecule has 0 saturated carbocycles. The monoisotopic (exact) mass is 272 g/mol. The summed E-state index contributed by atoms with van der Waals surface area (Å²) in [4.78, 5) is 23.5. The van der Waals surface area contributed by atoms with Crippen molar-refractivity contribution in [3.63, 3.8) is 0 Å². The molecular formula is C16H16O4. The maximum absolute atomic E-state index is 12.0. The summed E-state index contributed by atoms with van der Waals surface area (Å²) in [6.45, 7) is 0. The maximum Gasteiger partial charge on any atom is 0.314 e. The van der Waals surface area contributed by atoms with Crippen molar-refractivity contribution in [1.29, 1.82) is 0 Å². The SMILES string of the molecule is O=C(O)C1CC2CC=CCC2(C(=O)O)c2ccccc21. The fraction of sp³-hybridized carbons (Fsp3) is 0.375. The molecule has 0 aliphatic heterocycles. The van der Waals surface area contributed by atoms with E-state index in [1.54, 1.807) is 24.3 Å². The molecule has 3 atom stereocenters. The molecule has 104 valence electrons. The van der Waals surface area contributed by atoms with Gasteiger partial charge in [0.2, 0.25) is 0 Å². The molecule has 20 heavy (non-hydrogen) atoms. The first-order valence-electron chi connectivity index (χ1n) is 6.78.